The fraction of sp³-hybridized carbons (Fsp3) is 0.333. The molecule has 0 saturated carbocycles. The fourth-order valence-corrected chi connectivity index (χ4v) is 3.55. The molecule has 7 nitrogen and oxygen atoms in total. The Morgan fingerprint density at radius 3 is 2.06 bits per heavy atom. The standard InChI is InChI=1S/C24H28N2O5/c1-4-31-20-13-9-8-12-19(20)26-23(27)21(18-10-6-5-7-11-18)22(24(26)28)25(14-16-29-2)15-17-30-3/h5-13H,4,14-17H2,1-3H3. The number of imide groups is 1. The van der Waals surface area contributed by atoms with Gasteiger partial charge in [0.25, 0.3) is 11.8 Å². The molecule has 3 rings (SSSR count). The molecule has 31 heavy (non-hydrogen) atoms. The largest absolute Gasteiger partial charge is 0.492 e. The number of ether oxygens (including phenoxy) is 3. The molecule has 0 atom stereocenters. The average Bonchev–Trinajstić information content (AvgIpc) is 3.05. The number of anilines is 1. The highest BCUT2D eigenvalue weighted by Gasteiger charge is 2.43. The summed E-state index contributed by atoms with van der Waals surface area (Å²) < 4.78 is 16.2. The minimum absolute atomic E-state index is 0.344. The third-order valence-electron chi connectivity index (χ3n) is 4.97. The van der Waals surface area contributed by atoms with Crippen LogP contribution < -0.4 is 9.64 Å². The van der Waals surface area contributed by atoms with E-state index in [9.17, 15) is 9.59 Å². The van der Waals surface area contributed by atoms with Crippen LogP contribution in [0.15, 0.2) is 60.3 Å². The van der Waals surface area contributed by atoms with Gasteiger partial charge < -0.3 is 19.1 Å². The third-order valence-corrected chi connectivity index (χ3v) is 4.97. The van der Waals surface area contributed by atoms with E-state index < -0.39 is 0 Å². The van der Waals surface area contributed by atoms with Crippen LogP contribution in [0.4, 0.5) is 5.69 Å². The van der Waals surface area contributed by atoms with E-state index in [0.29, 0.717) is 61.2 Å². The van der Waals surface area contributed by atoms with E-state index >= 15 is 0 Å². The van der Waals surface area contributed by atoms with Crippen LogP contribution in [0.5, 0.6) is 5.75 Å². The van der Waals surface area contributed by atoms with E-state index in [1.165, 1.54) is 4.90 Å². The molecule has 2 aromatic rings. The first-order chi connectivity index (χ1) is 15.1. The average molecular weight is 424 g/mol. The number of hydrogen-bond acceptors (Lipinski definition) is 6. The summed E-state index contributed by atoms with van der Waals surface area (Å²) in [7, 11) is 3.21. The van der Waals surface area contributed by atoms with Gasteiger partial charge in [0.1, 0.15) is 11.4 Å². The number of nitrogens with zero attached hydrogens (tertiary/aromatic N) is 2. The molecule has 0 spiro atoms. The second kappa shape index (κ2) is 10.7. The van der Waals surface area contributed by atoms with E-state index in [4.69, 9.17) is 14.2 Å². The number of benzene rings is 2. The summed E-state index contributed by atoms with van der Waals surface area (Å²) in [5, 5.41) is 0. The van der Waals surface area contributed by atoms with Crippen LogP contribution in [0.2, 0.25) is 0 Å². The molecular weight excluding hydrogens is 396 g/mol. The van der Waals surface area contributed by atoms with Gasteiger partial charge in [-0.25, -0.2) is 4.90 Å². The van der Waals surface area contributed by atoms with Gasteiger partial charge in [0.2, 0.25) is 0 Å². The summed E-state index contributed by atoms with van der Waals surface area (Å²) in [6, 6.07) is 16.3. The van der Waals surface area contributed by atoms with E-state index in [1.807, 2.05) is 48.2 Å². The lowest BCUT2D eigenvalue weighted by Gasteiger charge is -2.26. The SMILES string of the molecule is CCOc1ccccc1N1C(=O)C(c2ccccc2)=C(N(CCOC)CCOC)C1=O. The number of para-hydroxylation sites is 2. The normalized spacial score (nSPS) is 13.8. The Kier molecular flexibility index (Phi) is 7.81. The van der Waals surface area contributed by atoms with Gasteiger partial charge in [-0.05, 0) is 24.6 Å². The molecule has 0 aromatic heterocycles. The molecule has 0 aliphatic carbocycles. The topological polar surface area (TPSA) is 68.3 Å². The smallest absolute Gasteiger partial charge is 0.282 e. The van der Waals surface area contributed by atoms with Crippen molar-refractivity contribution in [3.05, 3.63) is 65.9 Å². The molecule has 7 heteroatoms. The van der Waals surface area contributed by atoms with Crippen molar-refractivity contribution in [1.29, 1.82) is 0 Å². The van der Waals surface area contributed by atoms with Crippen molar-refractivity contribution in [2.45, 2.75) is 6.92 Å². The van der Waals surface area contributed by atoms with Gasteiger partial charge in [0, 0.05) is 27.3 Å². The summed E-state index contributed by atoms with van der Waals surface area (Å²) in [5.74, 6) is -0.276. The van der Waals surface area contributed by atoms with E-state index in [-0.39, 0.29) is 11.8 Å². The summed E-state index contributed by atoms with van der Waals surface area (Å²) in [6.07, 6.45) is 0. The Bertz CT molecular complexity index is 934. The van der Waals surface area contributed by atoms with Gasteiger partial charge in [0.05, 0.1) is 31.1 Å². The summed E-state index contributed by atoms with van der Waals surface area (Å²) in [4.78, 5) is 30.4. The van der Waals surface area contributed by atoms with Gasteiger partial charge in [-0.2, -0.15) is 0 Å². The summed E-state index contributed by atoms with van der Waals surface area (Å²) >= 11 is 0. The fourth-order valence-electron chi connectivity index (χ4n) is 3.55. The number of carbonyl (C=O) groups excluding carboxylic acids is 2. The number of hydrogen-bond donors (Lipinski definition) is 0. The lowest BCUT2D eigenvalue weighted by atomic mass is 10.0. The summed E-state index contributed by atoms with van der Waals surface area (Å²) in [6.45, 7) is 4.00. The zero-order chi connectivity index (χ0) is 22.2. The molecule has 164 valence electrons. The van der Waals surface area contributed by atoms with Crippen molar-refractivity contribution in [1.82, 2.24) is 4.90 Å². The van der Waals surface area contributed by atoms with Crippen LogP contribution in [-0.4, -0.2) is 63.8 Å². The molecule has 0 bridgehead atoms. The van der Waals surface area contributed by atoms with Crippen molar-refractivity contribution in [2.75, 3.05) is 52.0 Å². The van der Waals surface area contributed by atoms with Crippen LogP contribution in [0.1, 0.15) is 12.5 Å². The number of amides is 2. The first-order valence-electron chi connectivity index (χ1n) is 10.3. The Morgan fingerprint density at radius 1 is 0.839 bits per heavy atom. The molecule has 0 saturated heterocycles. The minimum Gasteiger partial charge on any atom is -0.492 e. The maximum absolute atomic E-state index is 13.7. The number of carbonyl (C=O) groups is 2. The van der Waals surface area contributed by atoms with E-state index in [2.05, 4.69) is 0 Å². The zero-order valence-electron chi connectivity index (χ0n) is 18.2. The van der Waals surface area contributed by atoms with Crippen molar-refractivity contribution in [3.8, 4) is 5.75 Å². The molecule has 1 aliphatic heterocycles. The second-order valence-electron chi connectivity index (χ2n) is 6.91. The van der Waals surface area contributed by atoms with Gasteiger partial charge in [-0.3, -0.25) is 9.59 Å². The van der Waals surface area contributed by atoms with Crippen molar-refractivity contribution in [3.63, 3.8) is 0 Å². The quantitative estimate of drug-likeness (QED) is 0.517. The van der Waals surface area contributed by atoms with Gasteiger partial charge >= 0.3 is 0 Å². The Balaban J connectivity index is 2.12. The maximum atomic E-state index is 13.7. The van der Waals surface area contributed by atoms with Crippen LogP contribution >= 0.6 is 0 Å². The lowest BCUT2D eigenvalue weighted by molar-refractivity contribution is -0.120. The lowest BCUT2D eigenvalue weighted by Crippen LogP contribution is -2.37. The molecule has 0 unspecified atom stereocenters. The number of rotatable bonds is 11. The Hall–Kier alpha value is -3.16. The Labute approximate surface area is 182 Å². The highest BCUT2D eigenvalue weighted by Crippen LogP contribution is 2.38. The van der Waals surface area contributed by atoms with Crippen LogP contribution in [-0.2, 0) is 19.1 Å². The monoisotopic (exact) mass is 424 g/mol. The van der Waals surface area contributed by atoms with Gasteiger partial charge in [-0.15, -0.1) is 0 Å². The van der Waals surface area contributed by atoms with Crippen molar-refractivity contribution >= 4 is 23.1 Å². The van der Waals surface area contributed by atoms with E-state index in [1.54, 1.807) is 32.4 Å². The predicted octanol–water partition coefficient (Wildman–Crippen LogP) is 2.96. The molecule has 0 fully saturated rings. The molecule has 2 aromatic carbocycles. The highest BCUT2D eigenvalue weighted by molar-refractivity contribution is 6.45. The van der Waals surface area contributed by atoms with E-state index in [0.717, 1.165) is 0 Å². The first kappa shape index (κ1) is 22.5. The molecule has 1 heterocycles. The van der Waals surface area contributed by atoms with Gasteiger partial charge in [-0.1, -0.05) is 42.5 Å². The zero-order valence-corrected chi connectivity index (χ0v) is 18.2. The minimum atomic E-state index is -0.386. The molecule has 1 aliphatic rings. The molecular formula is C24H28N2O5. The maximum Gasteiger partial charge on any atom is 0.282 e. The van der Waals surface area contributed by atoms with Crippen LogP contribution in [0.3, 0.4) is 0 Å². The van der Waals surface area contributed by atoms with Crippen LogP contribution in [0.25, 0.3) is 5.57 Å². The number of methoxy groups -OCH3 is 2. The highest BCUT2D eigenvalue weighted by atomic mass is 16.5. The molecule has 0 N–H and O–H groups in total. The van der Waals surface area contributed by atoms with Crippen molar-refractivity contribution < 1.29 is 23.8 Å². The molecule has 0 radical (unpaired) electrons. The van der Waals surface area contributed by atoms with Crippen molar-refractivity contribution in [2.24, 2.45) is 0 Å². The predicted molar refractivity (Wildman–Crippen MR) is 119 cm³/mol. The first-order valence-corrected chi connectivity index (χ1v) is 10.3. The third kappa shape index (κ3) is 4.78. The summed E-state index contributed by atoms with van der Waals surface area (Å²) in [5.41, 5.74) is 1.83. The molecule has 2 amide bonds. The second-order valence-corrected chi connectivity index (χ2v) is 6.91. The Morgan fingerprint density at radius 2 is 1.45 bits per heavy atom. The van der Waals surface area contributed by atoms with Crippen LogP contribution in [0, 0.1) is 0 Å². The van der Waals surface area contributed by atoms with Gasteiger partial charge in [0.15, 0.2) is 0 Å².